The third kappa shape index (κ3) is 3.70. The monoisotopic (exact) mass is 421 g/mol. The SMILES string of the molecule is CCSc1nnc2c(n1)OC(c1ccc(N(C)C)cc1)N(C(C)=O)c1ccccc1-2. The van der Waals surface area contributed by atoms with E-state index in [2.05, 4.69) is 15.2 Å². The fourth-order valence-corrected chi connectivity index (χ4v) is 3.90. The van der Waals surface area contributed by atoms with E-state index in [0.717, 1.165) is 28.3 Å². The normalized spacial score (nSPS) is 14.9. The van der Waals surface area contributed by atoms with Gasteiger partial charge in [0, 0.05) is 37.8 Å². The Kier molecular flexibility index (Phi) is 5.59. The van der Waals surface area contributed by atoms with Gasteiger partial charge in [-0.15, -0.1) is 10.2 Å². The molecule has 154 valence electrons. The van der Waals surface area contributed by atoms with Crippen molar-refractivity contribution < 1.29 is 9.53 Å². The molecule has 1 amide bonds. The average molecular weight is 422 g/mol. The van der Waals surface area contributed by atoms with Crippen molar-refractivity contribution in [3.63, 3.8) is 0 Å². The lowest BCUT2D eigenvalue weighted by Crippen LogP contribution is -2.36. The van der Waals surface area contributed by atoms with Crippen molar-refractivity contribution in [3.8, 4) is 17.1 Å². The number of carbonyl (C=O) groups excluding carboxylic acids is 1. The number of hydrogen-bond acceptors (Lipinski definition) is 7. The highest BCUT2D eigenvalue weighted by Crippen LogP contribution is 2.43. The first-order valence-electron chi connectivity index (χ1n) is 9.70. The number of thioether (sulfide) groups is 1. The first kappa shape index (κ1) is 20.2. The van der Waals surface area contributed by atoms with Crippen molar-refractivity contribution in [1.29, 1.82) is 0 Å². The lowest BCUT2D eigenvalue weighted by Gasteiger charge is -2.30. The Bertz CT molecular complexity index is 1070. The molecular formula is C22H23N5O2S. The number of hydrogen-bond donors (Lipinski definition) is 0. The smallest absolute Gasteiger partial charge is 0.247 e. The van der Waals surface area contributed by atoms with E-state index in [1.165, 1.54) is 18.7 Å². The molecule has 0 bridgehead atoms. The van der Waals surface area contributed by atoms with Crippen LogP contribution >= 0.6 is 11.8 Å². The maximum absolute atomic E-state index is 12.8. The highest BCUT2D eigenvalue weighted by atomic mass is 32.2. The average Bonchev–Trinajstić information content (AvgIpc) is 2.88. The van der Waals surface area contributed by atoms with E-state index in [1.807, 2.05) is 74.4 Å². The standard InChI is InChI=1S/C22H23N5O2S/c1-5-30-22-23-20-19(24-25-22)17-8-6-7-9-18(17)27(14(2)28)21(29-20)15-10-12-16(13-11-15)26(3)4/h6-13,21H,5H2,1-4H3. The van der Waals surface area contributed by atoms with Gasteiger partial charge in [0.25, 0.3) is 0 Å². The summed E-state index contributed by atoms with van der Waals surface area (Å²) in [6.07, 6.45) is -0.669. The Labute approximate surface area is 180 Å². The van der Waals surface area contributed by atoms with Gasteiger partial charge in [-0.3, -0.25) is 9.69 Å². The summed E-state index contributed by atoms with van der Waals surface area (Å²) < 4.78 is 6.35. The third-order valence-electron chi connectivity index (χ3n) is 4.82. The Morgan fingerprint density at radius 3 is 2.53 bits per heavy atom. The van der Waals surface area contributed by atoms with Gasteiger partial charge in [0.1, 0.15) is 0 Å². The molecule has 8 heteroatoms. The molecule has 0 N–H and O–H groups in total. The fraction of sp³-hybridized carbons (Fsp3) is 0.273. The Hall–Kier alpha value is -3.13. The molecule has 30 heavy (non-hydrogen) atoms. The molecule has 1 aliphatic heterocycles. The van der Waals surface area contributed by atoms with Crippen molar-refractivity contribution in [1.82, 2.24) is 15.2 Å². The van der Waals surface area contributed by atoms with E-state index in [9.17, 15) is 4.79 Å². The summed E-state index contributed by atoms with van der Waals surface area (Å²) in [5, 5.41) is 9.18. The number of para-hydroxylation sites is 1. The Balaban J connectivity index is 1.89. The summed E-state index contributed by atoms with van der Waals surface area (Å²) in [5.41, 5.74) is 3.93. The molecule has 2 heterocycles. The van der Waals surface area contributed by atoms with Crippen LogP contribution in [0.15, 0.2) is 53.7 Å². The van der Waals surface area contributed by atoms with Crippen LogP contribution in [-0.2, 0) is 4.79 Å². The van der Waals surface area contributed by atoms with Crippen LogP contribution in [0.5, 0.6) is 5.88 Å². The number of aromatic nitrogens is 3. The second-order valence-electron chi connectivity index (χ2n) is 7.04. The van der Waals surface area contributed by atoms with Gasteiger partial charge >= 0.3 is 0 Å². The van der Waals surface area contributed by atoms with Crippen LogP contribution in [-0.4, -0.2) is 40.9 Å². The van der Waals surface area contributed by atoms with Gasteiger partial charge in [0.15, 0.2) is 5.69 Å². The number of benzene rings is 2. The topological polar surface area (TPSA) is 71.5 Å². The first-order chi connectivity index (χ1) is 14.5. The van der Waals surface area contributed by atoms with Crippen LogP contribution in [0.2, 0.25) is 0 Å². The Morgan fingerprint density at radius 1 is 1.13 bits per heavy atom. The molecule has 2 aromatic carbocycles. The van der Waals surface area contributed by atoms with Crippen molar-refractivity contribution in [3.05, 3.63) is 54.1 Å². The second-order valence-corrected chi connectivity index (χ2v) is 8.27. The highest BCUT2D eigenvalue weighted by molar-refractivity contribution is 7.99. The van der Waals surface area contributed by atoms with Gasteiger partial charge in [-0.1, -0.05) is 49.0 Å². The fourth-order valence-electron chi connectivity index (χ4n) is 3.40. The highest BCUT2D eigenvalue weighted by Gasteiger charge is 2.34. The lowest BCUT2D eigenvalue weighted by atomic mass is 10.1. The number of rotatable bonds is 4. The Morgan fingerprint density at radius 2 is 1.87 bits per heavy atom. The van der Waals surface area contributed by atoms with Gasteiger partial charge in [-0.05, 0) is 24.0 Å². The summed E-state index contributed by atoms with van der Waals surface area (Å²) in [6, 6.07) is 15.6. The van der Waals surface area contributed by atoms with E-state index in [0.29, 0.717) is 16.7 Å². The summed E-state index contributed by atoms with van der Waals surface area (Å²) in [7, 11) is 3.97. The van der Waals surface area contributed by atoms with Crippen LogP contribution in [0.1, 0.15) is 25.6 Å². The number of anilines is 2. The summed E-state index contributed by atoms with van der Waals surface area (Å²) in [4.78, 5) is 21.0. The predicted molar refractivity (Wildman–Crippen MR) is 119 cm³/mol. The molecule has 7 nitrogen and oxygen atoms in total. The number of fused-ring (bicyclic) bond motifs is 3. The lowest BCUT2D eigenvalue weighted by molar-refractivity contribution is -0.118. The molecule has 1 aromatic heterocycles. The molecule has 0 aliphatic carbocycles. The van der Waals surface area contributed by atoms with Crippen molar-refractivity contribution >= 4 is 29.0 Å². The van der Waals surface area contributed by atoms with Gasteiger partial charge in [0.2, 0.25) is 23.2 Å². The molecule has 0 saturated carbocycles. The zero-order valence-corrected chi connectivity index (χ0v) is 18.2. The minimum absolute atomic E-state index is 0.131. The molecule has 1 unspecified atom stereocenters. The number of nitrogens with zero attached hydrogens (tertiary/aromatic N) is 5. The summed E-state index contributed by atoms with van der Waals surface area (Å²) in [6.45, 7) is 3.57. The van der Waals surface area contributed by atoms with Gasteiger partial charge in [-0.25, -0.2) is 0 Å². The maximum Gasteiger partial charge on any atom is 0.247 e. The number of amides is 1. The molecule has 0 saturated heterocycles. The molecule has 3 aromatic rings. The molecule has 4 rings (SSSR count). The zero-order chi connectivity index (χ0) is 21.3. The first-order valence-corrected chi connectivity index (χ1v) is 10.7. The van der Waals surface area contributed by atoms with Crippen molar-refractivity contribution in [2.75, 3.05) is 29.6 Å². The van der Waals surface area contributed by atoms with Crippen LogP contribution in [0.25, 0.3) is 11.3 Å². The van der Waals surface area contributed by atoms with Gasteiger partial charge in [-0.2, -0.15) is 4.98 Å². The van der Waals surface area contributed by atoms with Crippen molar-refractivity contribution in [2.45, 2.75) is 25.2 Å². The van der Waals surface area contributed by atoms with Crippen LogP contribution in [0.3, 0.4) is 0 Å². The molecular weight excluding hydrogens is 398 g/mol. The van der Waals surface area contributed by atoms with Crippen LogP contribution in [0, 0.1) is 0 Å². The van der Waals surface area contributed by atoms with Gasteiger partial charge < -0.3 is 9.64 Å². The van der Waals surface area contributed by atoms with E-state index in [1.54, 1.807) is 4.90 Å². The minimum Gasteiger partial charge on any atom is -0.447 e. The largest absolute Gasteiger partial charge is 0.447 e. The minimum atomic E-state index is -0.669. The molecule has 0 spiro atoms. The van der Waals surface area contributed by atoms with E-state index >= 15 is 0 Å². The van der Waals surface area contributed by atoms with Gasteiger partial charge in [0.05, 0.1) is 5.69 Å². The number of carbonyl (C=O) groups is 1. The quantitative estimate of drug-likeness (QED) is 0.586. The second kappa shape index (κ2) is 8.31. The van der Waals surface area contributed by atoms with Crippen LogP contribution in [0.4, 0.5) is 11.4 Å². The van der Waals surface area contributed by atoms with Crippen LogP contribution < -0.4 is 14.5 Å². The maximum atomic E-state index is 12.8. The summed E-state index contributed by atoms with van der Waals surface area (Å²) in [5.74, 6) is 1.07. The molecule has 0 fully saturated rings. The van der Waals surface area contributed by atoms with E-state index < -0.39 is 6.23 Å². The third-order valence-corrected chi connectivity index (χ3v) is 5.54. The van der Waals surface area contributed by atoms with Crippen molar-refractivity contribution in [2.24, 2.45) is 0 Å². The molecule has 1 aliphatic rings. The predicted octanol–water partition coefficient (Wildman–Crippen LogP) is 4.16. The van der Waals surface area contributed by atoms with E-state index in [-0.39, 0.29) is 5.91 Å². The molecule has 1 atom stereocenters. The zero-order valence-electron chi connectivity index (χ0n) is 17.4. The number of ether oxygens (including phenoxy) is 1. The summed E-state index contributed by atoms with van der Waals surface area (Å²) >= 11 is 1.49. The van der Waals surface area contributed by atoms with E-state index in [4.69, 9.17) is 4.74 Å². The molecule has 0 radical (unpaired) electrons.